The van der Waals surface area contributed by atoms with Crippen molar-refractivity contribution in [3.05, 3.63) is 18.2 Å². The molecular formula is C14H26N4O. The minimum Gasteiger partial charge on any atom is -0.381 e. The Morgan fingerprint density at radius 3 is 2.79 bits per heavy atom. The smallest absolute Gasteiger partial charge is 0.122 e. The number of aromatic nitrogens is 2. The van der Waals surface area contributed by atoms with Crippen LogP contribution < -0.4 is 5.32 Å². The molecule has 0 saturated carbocycles. The summed E-state index contributed by atoms with van der Waals surface area (Å²) in [7, 11) is 6.27. The SMILES string of the molecule is CNCC1(CN(C)Cc2nccn2C)CCOCC1. The maximum absolute atomic E-state index is 5.51. The molecule has 5 heteroatoms. The van der Waals surface area contributed by atoms with Crippen molar-refractivity contribution in [1.29, 1.82) is 0 Å². The Labute approximate surface area is 116 Å². The second-order valence-corrected chi connectivity index (χ2v) is 5.77. The van der Waals surface area contributed by atoms with Gasteiger partial charge in [-0.15, -0.1) is 0 Å². The van der Waals surface area contributed by atoms with E-state index in [1.165, 1.54) is 0 Å². The molecule has 0 aliphatic carbocycles. The molecule has 1 aliphatic rings. The summed E-state index contributed by atoms with van der Waals surface area (Å²) in [6.45, 7) is 4.82. The number of hydrogen-bond acceptors (Lipinski definition) is 4. The summed E-state index contributed by atoms with van der Waals surface area (Å²) in [5, 5.41) is 3.35. The Morgan fingerprint density at radius 2 is 2.21 bits per heavy atom. The van der Waals surface area contributed by atoms with Gasteiger partial charge in [-0.1, -0.05) is 0 Å². The van der Waals surface area contributed by atoms with Crippen LogP contribution >= 0.6 is 0 Å². The number of nitrogens with one attached hydrogen (secondary N) is 1. The lowest BCUT2D eigenvalue weighted by molar-refractivity contribution is -0.00112. The lowest BCUT2D eigenvalue weighted by atomic mass is 9.79. The number of aryl methyl sites for hydroxylation is 1. The quantitative estimate of drug-likeness (QED) is 0.829. The summed E-state index contributed by atoms with van der Waals surface area (Å²) in [6, 6.07) is 0. The molecule has 1 saturated heterocycles. The highest BCUT2D eigenvalue weighted by molar-refractivity contribution is 4.92. The van der Waals surface area contributed by atoms with E-state index >= 15 is 0 Å². The highest BCUT2D eigenvalue weighted by Crippen LogP contribution is 2.30. The van der Waals surface area contributed by atoms with Crippen LogP contribution in [-0.2, 0) is 18.3 Å². The number of hydrogen-bond donors (Lipinski definition) is 1. The topological polar surface area (TPSA) is 42.3 Å². The van der Waals surface area contributed by atoms with Crippen LogP contribution in [0.5, 0.6) is 0 Å². The van der Waals surface area contributed by atoms with Gasteiger partial charge in [0, 0.05) is 45.7 Å². The molecule has 2 rings (SSSR count). The standard InChI is InChI=1S/C14H26N4O/c1-15-11-14(4-8-19-9-5-14)12-17(2)10-13-16-6-7-18(13)3/h6-7,15H,4-5,8-12H2,1-3H3. The van der Waals surface area contributed by atoms with Crippen LogP contribution in [0.3, 0.4) is 0 Å². The molecule has 1 aliphatic heterocycles. The number of nitrogens with zero attached hydrogens (tertiary/aromatic N) is 3. The van der Waals surface area contributed by atoms with Gasteiger partial charge in [-0.05, 0) is 32.4 Å². The van der Waals surface area contributed by atoms with Crippen LogP contribution in [0.4, 0.5) is 0 Å². The van der Waals surface area contributed by atoms with Gasteiger partial charge in [0.25, 0.3) is 0 Å². The van der Waals surface area contributed by atoms with Gasteiger partial charge >= 0.3 is 0 Å². The van der Waals surface area contributed by atoms with Crippen LogP contribution in [0.15, 0.2) is 12.4 Å². The predicted octanol–water partition coefficient (Wildman–Crippen LogP) is 0.868. The second-order valence-electron chi connectivity index (χ2n) is 5.77. The van der Waals surface area contributed by atoms with Gasteiger partial charge in [-0.3, -0.25) is 4.90 Å². The number of ether oxygens (including phenoxy) is 1. The first-order valence-corrected chi connectivity index (χ1v) is 7.02. The molecule has 0 aromatic carbocycles. The van der Waals surface area contributed by atoms with Crippen LogP contribution in [-0.4, -0.2) is 54.8 Å². The zero-order chi connectivity index (χ0) is 13.7. The Bertz CT molecular complexity index is 379. The fourth-order valence-corrected chi connectivity index (χ4v) is 2.99. The first-order chi connectivity index (χ1) is 9.15. The van der Waals surface area contributed by atoms with Crippen LogP contribution in [0.2, 0.25) is 0 Å². The molecule has 1 N–H and O–H groups in total. The molecule has 108 valence electrons. The van der Waals surface area contributed by atoms with Gasteiger partial charge in [0.2, 0.25) is 0 Å². The average molecular weight is 266 g/mol. The molecule has 0 radical (unpaired) electrons. The van der Waals surface area contributed by atoms with E-state index in [9.17, 15) is 0 Å². The van der Waals surface area contributed by atoms with E-state index < -0.39 is 0 Å². The number of rotatable bonds is 6. The van der Waals surface area contributed by atoms with E-state index in [2.05, 4.69) is 26.8 Å². The Morgan fingerprint density at radius 1 is 1.47 bits per heavy atom. The van der Waals surface area contributed by atoms with E-state index in [4.69, 9.17) is 4.74 Å². The van der Waals surface area contributed by atoms with Gasteiger partial charge < -0.3 is 14.6 Å². The van der Waals surface area contributed by atoms with E-state index in [0.29, 0.717) is 5.41 Å². The average Bonchev–Trinajstić information content (AvgIpc) is 2.76. The highest BCUT2D eigenvalue weighted by atomic mass is 16.5. The lowest BCUT2D eigenvalue weighted by Gasteiger charge is -2.40. The summed E-state index contributed by atoms with van der Waals surface area (Å²) in [5.41, 5.74) is 0.340. The van der Waals surface area contributed by atoms with Crippen molar-refractivity contribution < 1.29 is 4.74 Å². The number of imidazole rings is 1. The third kappa shape index (κ3) is 3.78. The molecule has 1 aromatic rings. The van der Waals surface area contributed by atoms with Crippen LogP contribution in [0, 0.1) is 5.41 Å². The van der Waals surface area contributed by atoms with E-state index in [1.807, 2.05) is 26.5 Å². The molecular weight excluding hydrogens is 240 g/mol. The molecule has 0 atom stereocenters. The molecule has 2 heterocycles. The summed E-state index contributed by atoms with van der Waals surface area (Å²) >= 11 is 0. The lowest BCUT2D eigenvalue weighted by Crippen LogP contribution is -2.45. The highest BCUT2D eigenvalue weighted by Gasteiger charge is 2.33. The zero-order valence-electron chi connectivity index (χ0n) is 12.4. The van der Waals surface area contributed by atoms with E-state index in [-0.39, 0.29) is 0 Å². The largest absolute Gasteiger partial charge is 0.381 e. The normalized spacial score (nSPS) is 18.9. The van der Waals surface area contributed by atoms with Gasteiger partial charge in [0.15, 0.2) is 0 Å². The molecule has 0 unspecified atom stereocenters. The van der Waals surface area contributed by atoms with E-state index in [0.717, 1.165) is 51.5 Å². The summed E-state index contributed by atoms with van der Waals surface area (Å²) < 4.78 is 7.60. The van der Waals surface area contributed by atoms with Gasteiger partial charge in [-0.2, -0.15) is 0 Å². The first-order valence-electron chi connectivity index (χ1n) is 7.02. The fraction of sp³-hybridized carbons (Fsp3) is 0.786. The van der Waals surface area contributed by atoms with Crippen LogP contribution in [0.1, 0.15) is 18.7 Å². The Balaban J connectivity index is 1.94. The Kier molecular flexibility index (Phi) is 4.96. The maximum Gasteiger partial charge on any atom is 0.122 e. The van der Waals surface area contributed by atoms with Gasteiger partial charge in [0.05, 0.1) is 6.54 Å². The molecule has 0 bridgehead atoms. The monoisotopic (exact) mass is 266 g/mol. The molecule has 0 amide bonds. The van der Waals surface area contributed by atoms with Crippen molar-refractivity contribution in [3.8, 4) is 0 Å². The van der Waals surface area contributed by atoms with Crippen molar-refractivity contribution in [2.75, 3.05) is 40.4 Å². The summed E-state index contributed by atoms with van der Waals surface area (Å²) in [6.07, 6.45) is 6.14. The first kappa shape index (κ1) is 14.5. The third-order valence-corrected chi connectivity index (χ3v) is 4.04. The third-order valence-electron chi connectivity index (χ3n) is 4.04. The molecule has 5 nitrogen and oxygen atoms in total. The summed E-state index contributed by atoms with van der Waals surface area (Å²) in [5.74, 6) is 1.12. The van der Waals surface area contributed by atoms with Gasteiger partial charge in [-0.25, -0.2) is 4.98 Å². The minimum absolute atomic E-state index is 0.340. The second kappa shape index (κ2) is 6.50. The maximum atomic E-state index is 5.51. The van der Waals surface area contributed by atoms with E-state index in [1.54, 1.807) is 0 Å². The van der Waals surface area contributed by atoms with Crippen molar-refractivity contribution in [2.45, 2.75) is 19.4 Å². The zero-order valence-corrected chi connectivity index (χ0v) is 12.4. The van der Waals surface area contributed by atoms with Crippen molar-refractivity contribution in [2.24, 2.45) is 12.5 Å². The van der Waals surface area contributed by atoms with Crippen molar-refractivity contribution in [1.82, 2.24) is 19.8 Å². The summed E-state index contributed by atoms with van der Waals surface area (Å²) in [4.78, 5) is 6.78. The van der Waals surface area contributed by atoms with Crippen LogP contribution in [0.25, 0.3) is 0 Å². The van der Waals surface area contributed by atoms with Gasteiger partial charge in [0.1, 0.15) is 5.82 Å². The fourth-order valence-electron chi connectivity index (χ4n) is 2.99. The molecule has 1 fully saturated rings. The van der Waals surface area contributed by atoms with Crippen molar-refractivity contribution >= 4 is 0 Å². The molecule has 1 aromatic heterocycles. The minimum atomic E-state index is 0.340. The Hall–Kier alpha value is -0.910. The molecule has 0 spiro atoms. The van der Waals surface area contributed by atoms with Crippen molar-refractivity contribution in [3.63, 3.8) is 0 Å². The predicted molar refractivity (Wildman–Crippen MR) is 76.0 cm³/mol. The molecule has 19 heavy (non-hydrogen) atoms.